The highest BCUT2D eigenvalue weighted by atomic mass is 79.9. The molecule has 1 fully saturated rings. The van der Waals surface area contributed by atoms with Gasteiger partial charge in [-0.05, 0) is 72.8 Å². The van der Waals surface area contributed by atoms with Crippen LogP contribution in [0.3, 0.4) is 0 Å². The van der Waals surface area contributed by atoms with Gasteiger partial charge in [-0.2, -0.15) is 0 Å². The molecule has 2 heterocycles. The molecule has 0 aliphatic carbocycles. The van der Waals surface area contributed by atoms with Gasteiger partial charge in [0.1, 0.15) is 0 Å². The molecule has 0 saturated carbocycles. The molecule has 23 heavy (non-hydrogen) atoms. The number of hydrogen-bond donors (Lipinski definition) is 1. The molecule has 1 amide bonds. The summed E-state index contributed by atoms with van der Waals surface area (Å²) < 4.78 is 5.79. The summed E-state index contributed by atoms with van der Waals surface area (Å²) in [5, 5.41) is 2.84. The van der Waals surface area contributed by atoms with E-state index in [9.17, 15) is 4.79 Å². The van der Waals surface area contributed by atoms with Crippen molar-refractivity contribution in [1.82, 2.24) is 4.90 Å². The Hall–Kier alpha value is -1.79. The normalized spacial score (nSPS) is 17.7. The fourth-order valence-corrected chi connectivity index (χ4v) is 3.09. The second-order valence-electron chi connectivity index (χ2n) is 5.96. The number of furan rings is 1. The summed E-state index contributed by atoms with van der Waals surface area (Å²) >= 11 is 3.19. The van der Waals surface area contributed by atoms with Crippen LogP contribution in [0.1, 0.15) is 17.0 Å². The summed E-state index contributed by atoms with van der Waals surface area (Å²) in [5.74, 6) is 0.0339. The number of carbonyl (C=O) groups excluding carboxylic acids is 1. The van der Waals surface area contributed by atoms with Crippen LogP contribution in [0.5, 0.6) is 0 Å². The highest BCUT2D eigenvalue weighted by molar-refractivity contribution is 9.10. The lowest BCUT2D eigenvalue weighted by Gasteiger charge is -2.22. The number of anilines is 2. The number of halogens is 1. The fourth-order valence-electron chi connectivity index (χ4n) is 2.78. The van der Waals surface area contributed by atoms with Crippen molar-refractivity contribution in [3.8, 4) is 0 Å². The Labute approximate surface area is 144 Å². The molecule has 1 unspecified atom stereocenters. The predicted octanol–water partition coefficient (Wildman–Crippen LogP) is 3.43. The number of nitrogens with one attached hydrogen (secondary N) is 1. The van der Waals surface area contributed by atoms with Gasteiger partial charge in [-0.3, -0.25) is 4.79 Å². The van der Waals surface area contributed by atoms with Crippen molar-refractivity contribution in [2.75, 3.05) is 37.4 Å². The third kappa shape index (κ3) is 3.76. The van der Waals surface area contributed by atoms with Crippen molar-refractivity contribution in [1.29, 1.82) is 0 Å². The molecule has 1 aliphatic heterocycles. The van der Waals surface area contributed by atoms with Crippen LogP contribution in [0, 0.1) is 0 Å². The second kappa shape index (κ2) is 6.76. The Morgan fingerprint density at radius 2 is 2.00 bits per heavy atom. The Kier molecular flexibility index (Phi) is 4.73. The highest BCUT2D eigenvalue weighted by Crippen LogP contribution is 2.24. The van der Waals surface area contributed by atoms with E-state index >= 15 is 0 Å². The minimum Gasteiger partial charge on any atom is -0.444 e. The van der Waals surface area contributed by atoms with Crippen LogP contribution in [0.4, 0.5) is 11.4 Å². The zero-order valence-corrected chi connectivity index (χ0v) is 14.8. The van der Waals surface area contributed by atoms with Crippen LogP contribution in [-0.2, 0) is 0 Å². The Balaban J connectivity index is 1.62. The van der Waals surface area contributed by atoms with E-state index in [1.54, 1.807) is 12.1 Å². The molecule has 1 saturated heterocycles. The first-order chi connectivity index (χ1) is 11.0. The maximum Gasteiger partial charge on any atom is 0.291 e. The van der Waals surface area contributed by atoms with Crippen molar-refractivity contribution in [3.05, 3.63) is 46.8 Å². The summed E-state index contributed by atoms with van der Waals surface area (Å²) in [6, 6.07) is 11.9. The van der Waals surface area contributed by atoms with Crippen molar-refractivity contribution < 1.29 is 9.21 Å². The molecule has 0 radical (unpaired) electrons. The quantitative estimate of drug-likeness (QED) is 0.886. The van der Waals surface area contributed by atoms with Crippen molar-refractivity contribution >= 4 is 33.2 Å². The first kappa shape index (κ1) is 16.1. The molecule has 122 valence electrons. The molecule has 1 aromatic heterocycles. The summed E-state index contributed by atoms with van der Waals surface area (Å²) in [6.07, 6.45) is 1.18. The first-order valence-corrected chi connectivity index (χ1v) is 8.40. The lowest BCUT2D eigenvalue weighted by atomic mass is 10.2. The minimum absolute atomic E-state index is 0.253. The summed E-state index contributed by atoms with van der Waals surface area (Å²) in [4.78, 5) is 16.7. The van der Waals surface area contributed by atoms with E-state index in [1.165, 1.54) is 12.1 Å². The molecule has 1 atom stereocenters. The molecule has 6 heteroatoms. The van der Waals surface area contributed by atoms with Crippen LogP contribution in [0.2, 0.25) is 0 Å². The molecule has 1 aromatic carbocycles. The van der Waals surface area contributed by atoms with Gasteiger partial charge in [-0.25, -0.2) is 0 Å². The van der Waals surface area contributed by atoms with Gasteiger partial charge in [0.2, 0.25) is 0 Å². The largest absolute Gasteiger partial charge is 0.444 e. The van der Waals surface area contributed by atoms with Crippen LogP contribution < -0.4 is 10.2 Å². The minimum atomic E-state index is -0.253. The predicted molar refractivity (Wildman–Crippen MR) is 95.1 cm³/mol. The zero-order chi connectivity index (χ0) is 16.4. The van der Waals surface area contributed by atoms with Gasteiger partial charge in [0, 0.05) is 30.5 Å². The highest BCUT2D eigenvalue weighted by Gasteiger charge is 2.24. The molecule has 2 aromatic rings. The van der Waals surface area contributed by atoms with Crippen molar-refractivity contribution in [2.24, 2.45) is 0 Å². The number of rotatable bonds is 4. The smallest absolute Gasteiger partial charge is 0.291 e. The summed E-state index contributed by atoms with van der Waals surface area (Å²) in [5.41, 5.74) is 1.95. The van der Waals surface area contributed by atoms with E-state index in [0.29, 0.717) is 10.7 Å². The van der Waals surface area contributed by atoms with Crippen LogP contribution >= 0.6 is 15.9 Å². The molecule has 5 nitrogen and oxygen atoms in total. The number of carbonyl (C=O) groups is 1. The van der Waals surface area contributed by atoms with Gasteiger partial charge in [0.25, 0.3) is 5.91 Å². The van der Waals surface area contributed by atoms with Crippen molar-refractivity contribution in [2.45, 2.75) is 12.5 Å². The lowest BCUT2D eigenvalue weighted by Crippen LogP contribution is -2.31. The van der Waals surface area contributed by atoms with Gasteiger partial charge in [0.05, 0.1) is 0 Å². The molecule has 0 spiro atoms. The van der Waals surface area contributed by atoms with Gasteiger partial charge in [-0.1, -0.05) is 0 Å². The van der Waals surface area contributed by atoms with E-state index < -0.39 is 0 Å². The number of amides is 1. The van der Waals surface area contributed by atoms with E-state index in [-0.39, 0.29) is 11.7 Å². The Bertz CT molecular complexity index is 681. The summed E-state index contributed by atoms with van der Waals surface area (Å²) in [7, 11) is 4.25. The van der Waals surface area contributed by atoms with Crippen LogP contribution in [-0.4, -0.2) is 44.0 Å². The monoisotopic (exact) mass is 377 g/mol. The number of hydrogen-bond acceptors (Lipinski definition) is 4. The van der Waals surface area contributed by atoms with Crippen molar-refractivity contribution in [3.63, 3.8) is 0 Å². The van der Waals surface area contributed by atoms with Gasteiger partial charge in [-0.15, -0.1) is 0 Å². The average molecular weight is 378 g/mol. The van der Waals surface area contributed by atoms with E-state index in [2.05, 4.69) is 45.1 Å². The SMILES string of the molecule is CN(C)C1CCN(c2ccc(NC(=O)c3ccc(Br)o3)cc2)C1. The number of benzene rings is 1. The first-order valence-electron chi connectivity index (χ1n) is 7.61. The molecule has 3 rings (SSSR count). The molecule has 1 aliphatic rings. The zero-order valence-electron chi connectivity index (χ0n) is 13.3. The fraction of sp³-hybridized carbons (Fsp3) is 0.353. The Morgan fingerprint density at radius 1 is 1.26 bits per heavy atom. The molecule has 0 bridgehead atoms. The van der Waals surface area contributed by atoms with Gasteiger partial charge in [0.15, 0.2) is 10.4 Å². The standard InChI is InChI=1S/C17H20BrN3O2/c1-20(2)14-9-10-21(11-14)13-5-3-12(4-6-13)19-17(22)15-7-8-16(18)23-15/h3-8,14H,9-11H2,1-2H3,(H,19,22). The van der Waals surface area contributed by atoms with E-state index in [1.807, 2.05) is 24.3 Å². The van der Waals surface area contributed by atoms with Gasteiger partial charge < -0.3 is 19.5 Å². The third-order valence-electron chi connectivity index (χ3n) is 4.18. The number of nitrogens with zero attached hydrogens (tertiary/aromatic N) is 2. The number of likely N-dealkylation sites (N-methyl/N-ethyl adjacent to an activating group) is 1. The Morgan fingerprint density at radius 3 is 2.57 bits per heavy atom. The molecular formula is C17H20BrN3O2. The molecular weight excluding hydrogens is 358 g/mol. The maximum atomic E-state index is 12.0. The van der Waals surface area contributed by atoms with E-state index in [4.69, 9.17) is 4.42 Å². The lowest BCUT2D eigenvalue weighted by molar-refractivity contribution is 0.0995. The van der Waals surface area contributed by atoms with Gasteiger partial charge >= 0.3 is 0 Å². The second-order valence-corrected chi connectivity index (χ2v) is 6.74. The molecule has 1 N–H and O–H groups in total. The van der Waals surface area contributed by atoms with Crippen LogP contribution in [0.25, 0.3) is 0 Å². The summed E-state index contributed by atoms with van der Waals surface area (Å²) in [6.45, 7) is 2.11. The van der Waals surface area contributed by atoms with E-state index in [0.717, 1.165) is 18.8 Å². The average Bonchev–Trinajstić information content (AvgIpc) is 3.17. The maximum absolute atomic E-state index is 12.0. The topological polar surface area (TPSA) is 48.7 Å². The van der Waals surface area contributed by atoms with Crippen LogP contribution in [0.15, 0.2) is 45.5 Å². The third-order valence-corrected chi connectivity index (χ3v) is 4.61.